The molecule has 0 aliphatic rings. The molecular weight excluding hydrogens is 479 g/mol. The molecule has 7 nitrogen and oxygen atoms in total. The van der Waals surface area contributed by atoms with E-state index in [1.165, 1.54) is 31.6 Å². The maximum absolute atomic E-state index is 14.0. The van der Waals surface area contributed by atoms with Gasteiger partial charge in [0.2, 0.25) is 0 Å². The van der Waals surface area contributed by atoms with Crippen LogP contribution in [0.4, 0.5) is 18.2 Å². The predicted octanol–water partition coefficient (Wildman–Crippen LogP) is 5.06. The summed E-state index contributed by atoms with van der Waals surface area (Å²) >= 11 is 1.44. The number of unbranched alkanes of at least 4 members (excludes halogenated alkanes) is 1. The van der Waals surface area contributed by atoms with Gasteiger partial charge in [0.1, 0.15) is 11.5 Å². The highest BCUT2D eigenvalue weighted by Gasteiger charge is 2.37. The molecule has 0 unspecified atom stereocenters. The second-order valence-electron chi connectivity index (χ2n) is 7.84. The van der Waals surface area contributed by atoms with Crippen LogP contribution in [0.1, 0.15) is 37.3 Å². The zero-order valence-electron chi connectivity index (χ0n) is 19.9. The highest BCUT2D eigenvalue weighted by Crippen LogP contribution is 2.34. The number of ether oxygens (including phenoxy) is 2. The van der Waals surface area contributed by atoms with Crippen LogP contribution in [0, 0.1) is 0 Å². The first-order chi connectivity index (χ1) is 16.8. The highest BCUT2D eigenvalue weighted by atomic mass is 32.1. The van der Waals surface area contributed by atoms with Crippen LogP contribution in [0.15, 0.2) is 30.3 Å². The first-order valence-electron chi connectivity index (χ1n) is 11.2. The number of nitrogens with zero attached hydrogens (tertiary/aromatic N) is 5. The normalized spacial score (nSPS) is 12.5. The van der Waals surface area contributed by atoms with Crippen molar-refractivity contribution >= 4 is 28.1 Å². The van der Waals surface area contributed by atoms with Gasteiger partial charge in [-0.1, -0.05) is 13.3 Å². The molecule has 0 atom stereocenters. The van der Waals surface area contributed by atoms with Gasteiger partial charge in [-0.05, 0) is 49.8 Å². The molecule has 4 aromatic rings. The van der Waals surface area contributed by atoms with E-state index in [1.807, 2.05) is 12.1 Å². The van der Waals surface area contributed by atoms with Gasteiger partial charge >= 0.3 is 6.18 Å². The largest absolute Gasteiger partial charge is 0.497 e. The summed E-state index contributed by atoms with van der Waals surface area (Å²) < 4.78 is 53.8. The Morgan fingerprint density at radius 1 is 1.09 bits per heavy atom. The molecule has 3 aromatic heterocycles. The third kappa shape index (κ3) is 4.90. The van der Waals surface area contributed by atoms with E-state index in [9.17, 15) is 13.2 Å². The first-order valence-corrected chi connectivity index (χ1v) is 12.0. The van der Waals surface area contributed by atoms with Crippen LogP contribution in [0.5, 0.6) is 11.5 Å². The summed E-state index contributed by atoms with van der Waals surface area (Å²) in [6, 6.07) is 8.73. The van der Waals surface area contributed by atoms with Crippen LogP contribution < -0.4 is 19.6 Å². The zero-order valence-corrected chi connectivity index (χ0v) is 20.7. The van der Waals surface area contributed by atoms with Crippen molar-refractivity contribution < 1.29 is 22.6 Å². The molecular formula is C24H26F3N5O2S. The van der Waals surface area contributed by atoms with E-state index in [2.05, 4.69) is 34.0 Å². The molecule has 4 rings (SSSR count). The van der Waals surface area contributed by atoms with E-state index in [1.54, 1.807) is 18.2 Å². The number of aromatic nitrogens is 4. The Morgan fingerprint density at radius 2 is 1.89 bits per heavy atom. The Morgan fingerprint density at radius 3 is 2.54 bits per heavy atom. The number of thiophene rings is 1. The van der Waals surface area contributed by atoms with Crippen molar-refractivity contribution in [2.45, 2.75) is 32.9 Å². The van der Waals surface area contributed by atoms with Crippen molar-refractivity contribution in [2.24, 2.45) is 0 Å². The lowest BCUT2D eigenvalue weighted by Crippen LogP contribution is -2.22. The number of halogens is 3. The number of fused-ring (bicyclic) bond motifs is 1. The van der Waals surface area contributed by atoms with Crippen molar-refractivity contribution in [3.05, 3.63) is 46.1 Å². The van der Waals surface area contributed by atoms with Crippen LogP contribution in [-0.2, 0) is 6.18 Å². The summed E-state index contributed by atoms with van der Waals surface area (Å²) in [6.45, 7) is 5.92. The van der Waals surface area contributed by atoms with Gasteiger partial charge in [0.15, 0.2) is 17.2 Å². The maximum atomic E-state index is 14.0. The lowest BCUT2D eigenvalue weighted by atomic mass is 10.2. The second-order valence-corrected chi connectivity index (χ2v) is 8.93. The standard InChI is InChI=1S/C24H26F3N5O2S/c1-5-7-12-31(6-2)20-11-9-16(35-20)14-18-21(24(25,26)27)30-32-22(28-29-23(18)32)17-13-15(33-3)8-10-19(17)34-4/h8-11,13-14H,5-7,12H2,1-4H3/b18-14-. The molecule has 3 heterocycles. The number of hydrogen-bond acceptors (Lipinski definition) is 7. The first kappa shape index (κ1) is 24.8. The molecule has 0 fully saturated rings. The number of alkyl halides is 3. The van der Waals surface area contributed by atoms with E-state index in [0.29, 0.717) is 21.9 Å². The minimum Gasteiger partial charge on any atom is -0.497 e. The fraction of sp³-hybridized carbons (Fsp3) is 0.375. The van der Waals surface area contributed by atoms with Gasteiger partial charge in [-0.2, -0.15) is 22.8 Å². The van der Waals surface area contributed by atoms with E-state index < -0.39 is 11.9 Å². The van der Waals surface area contributed by atoms with E-state index in [4.69, 9.17) is 9.47 Å². The fourth-order valence-corrected chi connectivity index (χ4v) is 4.85. The van der Waals surface area contributed by atoms with Gasteiger partial charge < -0.3 is 14.4 Å². The third-order valence-corrected chi connectivity index (χ3v) is 6.72. The molecule has 0 spiro atoms. The SMILES string of the molecule is CCCCN(CC)c1ccc(/C=c2/c(C(F)(F)F)nn3c(-c4cc(OC)ccc4OC)nnc23)s1. The summed E-state index contributed by atoms with van der Waals surface area (Å²) in [7, 11) is 2.97. The quantitative estimate of drug-likeness (QED) is 0.317. The van der Waals surface area contributed by atoms with Crippen LogP contribution in [0.2, 0.25) is 0 Å². The van der Waals surface area contributed by atoms with Gasteiger partial charge in [-0.15, -0.1) is 21.5 Å². The summed E-state index contributed by atoms with van der Waals surface area (Å²) in [5.41, 5.74) is -0.575. The van der Waals surface area contributed by atoms with Crippen LogP contribution in [0.25, 0.3) is 23.1 Å². The number of benzene rings is 1. The zero-order chi connectivity index (χ0) is 25.2. The maximum Gasteiger partial charge on any atom is 0.435 e. The minimum atomic E-state index is -4.67. The average molecular weight is 506 g/mol. The summed E-state index contributed by atoms with van der Waals surface area (Å²) in [5, 5.41) is 13.0. The lowest BCUT2D eigenvalue weighted by Gasteiger charge is -2.20. The lowest BCUT2D eigenvalue weighted by molar-refractivity contribution is -0.142. The molecule has 1 aromatic carbocycles. The van der Waals surface area contributed by atoms with Crippen molar-refractivity contribution in [3.8, 4) is 22.9 Å². The Labute approximate surface area is 204 Å². The fourth-order valence-electron chi connectivity index (χ4n) is 3.81. The molecule has 0 aliphatic carbocycles. The van der Waals surface area contributed by atoms with Crippen LogP contribution in [0.3, 0.4) is 0 Å². The molecule has 0 amide bonds. The van der Waals surface area contributed by atoms with E-state index >= 15 is 0 Å². The molecule has 0 aliphatic heterocycles. The topological polar surface area (TPSA) is 64.8 Å². The third-order valence-electron chi connectivity index (χ3n) is 5.63. The molecule has 0 N–H and O–H groups in total. The molecule has 11 heteroatoms. The van der Waals surface area contributed by atoms with Crippen molar-refractivity contribution in [1.29, 1.82) is 0 Å². The minimum absolute atomic E-state index is 0.0190. The number of anilines is 1. The summed E-state index contributed by atoms with van der Waals surface area (Å²) in [5.74, 6) is 1.04. The highest BCUT2D eigenvalue weighted by molar-refractivity contribution is 7.16. The van der Waals surface area contributed by atoms with Gasteiger partial charge in [0.25, 0.3) is 0 Å². The Kier molecular flexibility index (Phi) is 7.15. The monoisotopic (exact) mass is 505 g/mol. The van der Waals surface area contributed by atoms with Gasteiger partial charge in [0.05, 0.1) is 30.0 Å². The molecule has 0 saturated heterocycles. The Hall–Kier alpha value is -3.34. The van der Waals surface area contributed by atoms with Crippen molar-refractivity contribution in [2.75, 3.05) is 32.2 Å². The Balaban J connectivity index is 1.86. The van der Waals surface area contributed by atoms with E-state index in [0.717, 1.165) is 35.4 Å². The average Bonchev–Trinajstić information content (AvgIpc) is 3.55. The number of rotatable bonds is 9. The van der Waals surface area contributed by atoms with Crippen LogP contribution >= 0.6 is 11.3 Å². The molecule has 35 heavy (non-hydrogen) atoms. The smallest absolute Gasteiger partial charge is 0.435 e. The van der Waals surface area contributed by atoms with Gasteiger partial charge in [0, 0.05) is 18.0 Å². The second kappa shape index (κ2) is 10.1. The predicted molar refractivity (Wildman–Crippen MR) is 130 cm³/mol. The van der Waals surface area contributed by atoms with Crippen molar-refractivity contribution in [3.63, 3.8) is 0 Å². The van der Waals surface area contributed by atoms with Gasteiger partial charge in [-0.25, -0.2) is 0 Å². The summed E-state index contributed by atoms with van der Waals surface area (Å²) in [6.07, 6.45) is -1.07. The number of hydrogen-bond donors (Lipinski definition) is 0. The summed E-state index contributed by atoms with van der Waals surface area (Å²) in [4.78, 5) is 2.90. The number of methoxy groups -OCH3 is 2. The van der Waals surface area contributed by atoms with E-state index in [-0.39, 0.29) is 16.7 Å². The molecule has 0 bridgehead atoms. The van der Waals surface area contributed by atoms with Crippen molar-refractivity contribution in [1.82, 2.24) is 19.8 Å². The van der Waals surface area contributed by atoms with Gasteiger partial charge in [-0.3, -0.25) is 0 Å². The molecule has 0 saturated carbocycles. The van der Waals surface area contributed by atoms with Crippen LogP contribution in [-0.4, -0.2) is 47.1 Å². The molecule has 0 radical (unpaired) electrons. The molecule has 186 valence electrons. The Bertz CT molecular complexity index is 1370.